The van der Waals surface area contributed by atoms with Gasteiger partial charge in [0.1, 0.15) is 11.4 Å². The molecule has 1 saturated carbocycles. The van der Waals surface area contributed by atoms with Crippen LogP contribution in [0.15, 0.2) is 36.4 Å². The van der Waals surface area contributed by atoms with Crippen molar-refractivity contribution >= 4 is 5.97 Å². The number of benzene rings is 1. The average molecular weight is 428 g/mol. The number of hydrogen-bond donors (Lipinski definition) is 0. The van der Waals surface area contributed by atoms with Crippen molar-refractivity contribution in [3.8, 4) is 5.75 Å². The third-order valence-corrected chi connectivity index (χ3v) is 5.26. The number of hydrogen-bond acceptors (Lipinski definition) is 4. The van der Waals surface area contributed by atoms with E-state index in [0.717, 1.165) is 25.7 Å². The predicted molar refractivity (Wildman–Crippen MR) is 108 cm³/mol. The zero-order chi connectivity index (χ0) is 22.4. The van der Waals surface area contributed by atoms with Crippen LogP contribution in [0.3, 0.4) is 0 Å². The lowest BCUT2D eigenvalue weighted by Crippen LogP contribution is -2.31. The van der Waals surface area contributed by atoms with Gasteiger partial charge in [0, 0.05) is 12.0 Å². The van der Waals surface area contributed by atoms with Crippen molar-refractivity contribution in [1.29, 1.82) is 0 Å². The van der Waals surface area contributed by atoms with E-state index in [-0.39, 0.29) is 11.7 Å². The largest absolute Gasteiger partial charge is 0.465 e. The number of halogens is 3. The van der Waals surface area contributed by atoms with Crippen LogP contribution >= 0.6 is 0 Å². The standard InChI is InChI=1S/C23H31F3O4/c1-16(2)21(27)30-22(4,14-15-23(24,25)26)18-10-12-20(13-11-18)29-17(3)28-19-8-6-5-7-9-19/h10-13,17,19H,1,5-9,14-15H2,2-4H3. The lowest BCUT2D eigenvalue weighted by atomic mass is 9.90. The van der Waals surface area contributed by atoms with Crippen LogP contribution in [-0.2, 0) is 19.9 Å². The Morgan fingerprint density at radius 3 is 2.27 bits per heavy atom. The molecule has 0 N–H and O–H groups in total. The first kappa shape index (κ1) is 24.3. The summed E-state index contributed by atoms with van der Waals surface area (Å²) >= 11 is 0. The molecule has 2 unspecified atom stereocenters. The van der Waals surface area contributed by atoms with Crippen molar-refractivity contribution in [3.05, 3.63) is 42.0 Å². The van der Waals surface area contributed by atoms with Crippen molar-refractivity contribution in [2.45, 2.75) is 89.9 Å². The van der Waals surface area contributed by atoms with Gasteiger partial charge < -0.3 is 14.2 Å². The van der Waals surface area contributed by atoms with E-state index in [0.29, 0.717) is 11.3 Å². The van der Waals surface area contributed by atoms with E-state index >= 15 is 0 Å². The summed E-state index contributed by atoms with van der Waals surface area (Å²) in [5.74, 6) is -0.194. The Morgan fingerprint density at radius 1 is 1.13 bits per heavy atom. The molecular weight excluding hydrogens is 397 g/mol. The Kier molecular flexibility index (Phi) is 8.35. The monoisotopic (exact) mass is 428 g/mol. The van der Waals surface area contributed by atoms with Gasteiger partial charge >= 0.3 is 12.1 Å². The molecule has 0 amide bonds. The molecule has 168 valence electrons. The summed E-state index contributed by atoms with van der Waals surface area (Å²) < 4.78 is 55.5. The molecule has 0 heterocycles. The van der Waals surface area contributed by atoms with E-state index in [1.165, 1.54) is 20.3 Å². The predicted octanol–water partition coefficient (Wildman–Crippen LogP) is 6.44. The van der Waals surface area contributed by atoms with Crippen LogP contribution in [0.4, 0.5) is 13.2 Å². The second-order valence-corrected chi connectivity index (χ2v) is 8.12. The molecule has 0 radical (unpaired) electrons. The SMILES string of the molecule is C=C(C)C(=O)OC(C)(CCC(F)(F)F)c1ccc(OC(C)OC2CCCCC2)cc1. The van der Waals surface area contributed by atoms with E-state index in [4.69, 9.17) is 14.2 Å². The Hall–Kier alpha value is -2.02. The lowest BCUT2D eigenvalue weighted by Gasteiger charge is -2.31. The molecule has 2 atom stereocenters. The Balaban J connectivity index is 2.07. The molecule has 1 aromatic rings. The van der Waals surface area contributed by atoms with Gasteiger partial charge in [0.05, 0.1) is 6.10 Å². The van der Waals surface area contributed by atoms with Crippen molar-refractivity contribution < 1.29 is 32.2 Å². The molecule has 0 saturated heterocycles. The lowest BCUT2D eigenvalue weighted by molar-refractivity contribution is -0.167. The Morgan fingerprint density at radius 2 is 1.73 bits per heavy atom. The highest BCUT2D eigenvalue weighted by atomic mass is 19.4. The summed E-state index contributed by atoms with van der Waals surface area (Å²) in [6, 6.07) is 6.53. The number of alkyl halides is 3. The van der Waals surface area contributed by atoms with Crippen LogP contribution in [0.2, 0.25) is 0 Å². The zero-order valence-electron chi connectivity index (χ0n) is 17.9. The molecular formula is C23H31F3O4. The van der Waals surface area contributed by atoms with Crippen molar-refractivity contribution in [2.75, 3.05) is 0 Å². The third kappa shape index (κ3) is 7.67. The summed E-state index contributed by atoms with van der Waals surface area (Å²) in [4.78, 5) is 12.0. The van der Waals surface area contributed by atoms with Gasteiger partial charge in [0.25, 0.3) is 0 Å². The maximum atomic E-state index is 12.8. The topological polar surface area (TPSA) is 44.8 Å². The van der Waals surface area contributed by atoms with E-state index in [9.17, 15) is 18.0 Å². The Bertz CT molecular complexity index is 708. The van der Waals surface area contributed by atoms with Gasteiger partial charge in [-0.05, 0) is 57.7 Å². The van der Waals surface area contributed by atoms with E-state index in [1.54, 1.807) is 24.3 Å². The maximum Gasteiger partial charge on any atom is 0.389 e. The number of carbonyl (C=O) groups excluding carboxylic acids is 1. The van der Waals surface area contributed by atoms with Gasteiger partial charge in [0.15, 0.2) is 6.29 Å². The number of ether oxygens (including phenoxy) is 3. The maximum absolute atomic E-state index is 12.8. The molecule has 0 bridgehead atoms. The average Bonchev–Trinajstić information content (AvgIpc) is 2.67. The van der Waals surface area contributed by atoms with Crippen LogP contribution in [0.5, 0.6) is 5.75 Å². The van der Waals surface area contributed by atoms with E-state index in [2.05, 4.69) is 6.58 Å². The van der Waals surface area contributed by atoms with Crippen LogP contribution < -0.4 is 4.74 Å². The fourth-order valence-electron chi connectivity index (χ4n) is 3.50. The molecule has 0 spiro atoms. The quantitative estimate of drug-likeness (QED) is 0.258. The molecule has 1 aliphatic rings. The fraction of sp³-hybridized carbons (Fsp3) is 0.609. The van der Waals surface area contributed by atoms with Crippen LogP contribution in [-0.4, -0.2) is 24.5 Å². The Labute approximate surface area is 176 Å². The van der Waals surface area contributed by atoms with Crippen molar-refractivity contribution in [3.63, 3.8) is 0 Å². The number of esters is 1. The minimum Gasteiger partial charge on any atom is -0.465 e. The molecule has 30 heavy (non-hydrogen) atoms. The van der Waals surface area contributed by atoms with Crippen LogP contribution in [0.1, 0.15) is 71.3 Å². The van der Waals surface area contributed by atoms with Gasteiger partial charge in [-0.1, -0.05) is 38.0 Å². The number of rotatable bonds is 9. The summed E-state index contributed by atoms with van der Waals surface area (Å²) in [6.45, 7) is 8.26. The summed E-state index contributed by atoms with van der Waals surface area (Å²) in [7, 11) is 0. The first-order chi connectivity index (χ1) is 14.0. The normalized spacial score (nSPS) is 18.3. The molecule has 1 fully saturated rings. The fourth-order valence-corrected chi connectivity index (χ4v) is 3.50. The molecule has 1 aliphatic carbocycles. The van der Waals surface area contributed by atoms with Gasteiger partial charge in [0.2, 0.25) is 0 Å². The van der Waals surface area contributed by atoms with Crippen molar-refractivity contribution in [2.24, 2.45) is 0 Å². The van der Waals surface area contributed by atoms with Crippen LogP contribution in [0.25, 0.3) is 0 Å². The van der Waals surface area contributed by atoms with Gasteiger partial charge in [-0.25, -0.2) is 4.79 Å². The zero-order valence-corrected chi connectivity index (χ0v) is 17.9. The highest BCUT2D eigenvalue weighted by Gasteiger charge is 2.37. The molecule has 0 aliphatic heterocycles. The van der Waals surface area contributed by atoms with Gasteiger partial charge in [-0.3, -0.25) is 0 Å². The first-order valence-electron chi connectivity index (χ1n) is 10.4. The molecule has 2 rings (SSSR count). The summed E-state index contributed by atoms with van der Waals surface area (Å²) in [6.07, 6.45) is -0.454. The van der Waals surface area contributed by atoms with Gasteiger partial charge in [-0.2, -0.15) is 13.2 Å². The molecule has 0 aromatic heterocycles. The third-order valence-electron chi connectivity index (χ3n) is 5.26. The smallest absolute Gasteiger partial charge is 0.389 e. The molecule has 1 aromatic carbocycles. The van der Waals surface area contributed by atoms with Gasteiger partial charge in [-0.15, -0.1) is 0 Å². The second kappa shape index (κ2) is 10.3. The van der Waals surface area contributed by atoms with E-state index < -0.39 is 36.9 Å². The van der Waals surface area contributed by atoms with Crippen molar-refractivity contribution in [1.82, 2.24) is 0 Å². The van der Waals surface area contributed by atoms with E-state index in [1.807, 2.05) is 6.92 Å². The second-order valence-electron chi connectivity index (χ2n) is 8.12. The highest BCUT2D eigenvalue weighted by Crippen LogP contribution is 2.36. The summed E-state index contributed by atoms with van der Waals surface area (Å²) in [5, 5.41) is 0. The molecule has 4 nitrogen and oxygen atoms in total. The minimum absolute atomic E-state index is 0.127. The minimum atomic E-state index is -4.36. The first-order valence-corrected chi connectivity index (χ1v) is 10.4. The summed E-state index contributed by atoms with van der Waals surface area (Å²) in [5.41, 5.74) is -0.856. The highest BCUT2D eigenvalue weighted by molar-refractivity contribution is 5.87. The molecule has 7 heteroatoms. The van der Waals surface area contributed by atoms with Crippen LogP contribution in [0, 0.1) is 0 Å². The number of carbonyl (C=O) groups is 1.